The number of hydrogen-bond donors (Lipinski definition) is 0. The lowest BCUT2D eigenvalue weighted by Gasteiger charge is -2.27. The molecule has 2 atom stereocenters. The van der Waals surface area contributed by atoms with Crippen molar-refractivity contribution in [2.24, 2.45) is 0 Å². The maximum atomic E-state index is 5.57. The zero-order valence-corrected chi connectivity index (χ0v) is 9.18. The molecule has 0 unspecified atom stereocenters. The van der Waals surface area contributed by atoms with Crippen molar-refractivity contribution in [1.82, 2.24) is 0 Å². The fraction of sp³-hybridized carbons (Fsp3) is 1.00. The molecular formula is C9H17BrO2. The molecule has 0 aromatic carbocycles. The first-order valence-corrected chi connectivity index (χ1v) is 5.63. The molecule has 72 valence electrons. The molecule has 12 heavy (non-hydrogen) atoms. The number of halogens is 1. The first-order valence-electron chi connectivity index (χ1n) is 4.72. The second kappa shape index (κ2) is 5.95. The van der Waals surface area contributed by atoms with Gasteiger partial charge in [0, 0.05) is 13.2 Å². The number of ether oxygens (including phenoxy) is 2. The maximum Gasteiger partial charge on any atom is 0.169 e. The van der Waals surface area contributed by atoms with Gasteiger partial charge in [-0.3, -0.25) is 0 Å². The van der Waals surface area contributed by atoms with Crippen LogP contribution in [0.4, 0.5) is 0 Å². The molecule has 1 heterocycles. The largest absolute Gasteiger partial charge is 0.351 e. The highest BCUT2D eigenvalue weighted by Gasteiger charge is 2.23. The van der Waals surface area contributed by atoms with Crippen LogP contribution in [0.5, 0.6) is 0 Å². The van der Waals surface area contributed by atoms with Crippen LogP contribution >= 0.6 is 15.9 Å². The van der Waals surface area contributed by atoms with E-state index in [2.05, 4.69) is 22.9 Å². The van der Waals surface area contributed by atoms with Gasteiger partial charge in [0.1, 0.15) is 0 Å². The monoisotopic (exact) mass is 236 g/mol. The Morgan fingerprint density at radius 3 is 3.08 bits per heavy atom. The molecule has 0 N–H and O–H groups in total. The van der Waals surface area contributed by atoms with E-state index in [1.807, 2.05) is 0 Å². The third kappa shape index (κ3) is 3.42. The Hall–Kier alpha value is 0.400. The Morgan fingerprint density at radius 2 is 2.42 bits per heavy atom. The number of unbranched alkanes of at least 4 members (excludes halogenated alkanes) is 1. The molecule has 3 heteroatoms. The summed E-state index contributed by atoms with van der Waals surface area (Å²) >= 11 is 3.56. The van der Waals surface area contributed by atoms with Gasteiger partial charge in [-0.15, -0.1) is 0 Å². The average Bonchev–Trinajstić information content (AvgIpc) is 2.09. The van der Waals surface area contributed by atoms with Gasteiger partial charge in [0.25, 0.3) is 0 Å². The van der Waals surface area contributed by atoms with Crippen LogP contribution in [0.1, 0.15) is 32.6 Å². The number of hydrogen-bond acceptors (Lipinski definition) is 2. The van der Waals surface area contributed by atoms with Crippen LogP contribution in [0.15, 0.2) is 0 Å². The minimum atomic E-state index is -0.00898. The highest BCUT2D eigenvalue weighted by atomic mass is 79.9. The zero-order valence-electron chi connectivity index (χ0n) is 7.59. The van der Waals surface area contributed by atoms with E-state index in [-0.39, 0.29) is 6.29 Å². The fourth-order valence-corrected chi connectivity index (χ4v) is 1.84. The molecule has 1 aliphatic heterocycles. The summed E-state index contributed by atoms with van der Waals surface area (Å²) in [6, 6.07) is 0. The highest BCUT2D eigenvalue weighted by molar-refractivity contribution is 9.09. The van der Waals surface area contributed by atoms with Crippen molar-refractivity contribution in [3.63, 3.8) is 0 Å². The normalized spacial score (nSPS) is 30.5. The van der Waals surface area contributed by atoms with Crippen molar-refractivity contribution in [2.75, 3.05) is 13.2 Å². The summed E-state index contributed by atoms with van der Waals surface area (Å²) in [5.41, 5.74) is 0. The summed E-state index contributed by atoms with van der Waals surface area (Å²) in [4.78, 5) is 0.392. The van der Waals surface area contributed by atoms with Crippen LogP contribution in [-0.2, 0) is 9.47 Å². The molecule has 1 fully saturated rings. The van der Waals surface area contributed by atoms with Gasteiger partial charge < -0.3 is 9.47 Å². The molecule has 0 bridgehead atoms. The van der Waals surface area contributed by atoms with Crippen LogP contribution in [0.2, 0.25) is 0 Å². The first kappa shape index (κ1) is 10.5. The smallest absolute Gasteiger partial charge is 0.169 e. The summed E-state index contributed by atoms with van der Waals surface area (Å²) in [6.07, 6.45) is 4.60. The van der Waals surface area contributed by atoms with Crippen molar-refractivity contribution < 1.29 is 9.47 Å². The van der Waals surface area contributed by atoms with E-state index in [0.717, 1.165) is 32.5 Å². The topological polar surface area (TPSA) is 18.5 Å². The van der Waals surface area contributed by atoms with E-state index >= 15 is 0 Å². The minimum absolute atomic E-state index is 0.00898. The van der Waals surface area contributed by atoms with Crippen molar-refractivity contribution in [3.8, 4) is 0 Å². The molecular weight excluding hydrogens is 220 g/mol. The van der Waals surface area contributed by atoms with Gasteiger partial charge in [-0.2, -0.15) is 0 Å². The van der Waals surface area contributed by atoms with Gasteiger partial charge in [0.2, 0.25) is 0 Å². The molecule has 1 aliphatic rings. The molecule has 0 amide bonds. The number of rotatable bonds is 4. The van der Waals surface area contributed by atoms with E-state index in [1.165, 1.54) is 6.42 Å². The first-order chi connectivity index (χ1) is 5.84. The van der Waals surface area contributed by atoms with Crippen molar-refractivity contribution in [1.29, 1.82) is 0 Å². The maximum absolute atomic E-state index is 5.57. The van der Waals surface area contributed by atoms with Crippen LogP contribution < -0.4 is 0 Å². The highest BCUT2D eigenvalue weighted by Crippen LogP contribution is 2.21. The Balaban J connectivity index is 2.11. The molecule has 0 aliphatic carbocycles. The molecule has 0 aromatic rings. The van der Waals surface area contributed by atoms with E-state index < -0.39 is 0 Å². The molecule has 1 rings (SSSR count). The lowest BCUT2D eigenvalue weighted by molar-refractivity contribution is -0.157. The second-order valence-electron chi connectivity index (χ2n) is 3.12. The van der Waals surface area contributed by atoms with Gasteiger partial charge in [-0.25, -0.2) is 0 Å². The Bertz CT molecular complexity index is 119. The molecule has 0 spiro atoms. The van der Waals surface area contributed by atoms with E-state index in [9.17, 15) is 0 Å². The minimum Gasteiger partial charge on any atom is -0.351 e. The fourth-order valence-electron chi connectivity index (χ4n) is 1.21. The summed E-state index contributed by atoms with van der Waals surface area (Å²) < 4.78 is 11.0. The van der Waals surface area contributed by atoms with Crippen molar-refractivity contribution >= 4 is 15.9 Å². The molecule has 0 radical (unpaired) electrons. The molecule has 1 saturated heterocycles. The summed E-state index contributed by atoms with van der Waals surface area (Å²) in [7, 11) is 0. The summed E-state index contributed by atoms with van der Waals surface area (Å²) in [5.74, 6) is 0. The van der Waals surface area contributed by atoms with Crippen LogP contribution in [0.3, 0.4) is 0 Å². The zero-order chi connectivity index (χ0) is 8.81. The van der Waals surface area contributed by atoms with Crippen molar-refractivity contribution in [3.05, 3.63) is 0 Å². The predicted molar refractivity (Wildman–Crippen MR) is 52.5 cm³/mol. The Kier molecular flexibility index (Phi) is 5.19. The van der Waals surface area contributed by atoms with Gasteiger partial charge >= 0.3 is 0 Å². The second-order valence-corrected chi connectivity index (χ2v) is 4.30. The third-order valence-corrected chi connectivity index (χ3v) is 2.87. The van der Waals surface area contributed by atoms with E-state index in [4.69, 9.17) is 9.47 Å². The van der Waals surface area contributed by atoms with Crippen molar-refractivity contribution in [2.45, 2.75) is 43.7 Å². The lowest BCUT2D eigenvalue weighted by Crippen LogP contribution is -2.32. The third-order valence-electron chi connectivity index (χ3n) is 1.98. The van der Waals surface area contributed by atoms with Gasteiger partial charge in [0.15, 0.2) is 6.29 Å². The lowest BCUT2D eigenvalue weighted by atomic mass is 10.2. The van der Waals surface area contributed by atoms with Gasteiger partial charge in [-0.05, 0) is 19.3 Å². The van der Waals surface area contributed by atoms with Gasteiger partial charge in [0.05, 0.1) is 4.83 Å². The van der Waals surface area contributed by atoms with E-state index in [1.54, 1.807) is 0 Å². The Morgan fingerprint density at radius 1 is 1.58 bits per heavy atom. The predicted octanol–water partition coefficient (Wildman–Crippen LogP) is 2.70. The molecule has 0 aromatic heterocycles. The standard InChI is InChI=1S/C9H17BrO2/c1-2-3-6-11-9-8(10)5-4-7-12-9/h8-9H,2-7H2,1H3/t8-,9+/m0/s1. The number of alkyl halides is 1. The summed E-state index contributed by atoms with van der Waals surface area (Å²) in [6.45, 7) is 3.83. The average molecular weight is 237 g/mol. The summed E-state index contributed by atoms with van der Waals surface area (Å²) in [5, 5.41) is 0. The van der Waals surface area contributed by atoms with E-state index in [0.29, 0.717) is 4.83 Å². The molecule has 0 saturated carbocycles. The van der Waals surface area contributed by atoms with Crippen LogP contribution in [0, 0.1) is 0 Å². The SMILES string of the molecule is CCCCO[C@@H]1OCCC[C@@H]1Br. The Labute approximate surface area is 82.7 Å². The molecule has 2 nitrogen and oxygen atoms in total. The quantitative estimate of drug-likeness (QED) is 0.552. The van der Waals surface area contributed by atoms with Crippen LogP contribution in [0.25, 0.3) is 0 Å². The van der Waals surface area contributed by atoms with Crippen LogP contribution in [-0.4, -0.2) is 24.3 Å². The van der Waals surface area contributed by atoms with Gasteiger partial charge in [-0.1, -0.05) is 29.3 Å².